The van der Waals surface area contributed by atoms with Crippen LogP contribution in [0.5, 0.6) is 0 Å². The maximum atomic E-state index is 12.2. The lowest BCUT2D eigenvalue weighted by Crippen LogP contribution is -2.25. The summed E-state index contributed by atoms with van der Waals surface area (Å²) in [7, 11) is 0. The lowest BCUT2D eigenvalue weighted by atomic mass is 10.2. The first-order valence-corrected chi connectivity index (χ1v) is 7.53. The Bertz CT molecular complexity index is 628. The van der Waals surface area contributed by atoms with E-state index in [9.17, 15) is 4.79 Å². The van der Waals surface area contributed by atoms with Crippen molar-refractivity contribution in [2.45, 2.75) is 39.8 Å². The van der Waals surface area contributed by atoms with E-state index in [1.165, 1.54) is 0 Å². The number of nitrogens with zero attached hydrogens (tertiary/aromatic N) is 2. The Morgan fingerprint density at radius 1 is 1.23 bits per heavy atom. The molecule has 0 bridgehead atoms. The number of hydrogen-bond acceptors (Lipinski definition) is 4. The van der Waals surface area contributed by atoms with E-state index in [4.69, 9.17) is 0 Å². The average Bonchev–Trinajstić information content (AvgIpc) is 2.52. The smallest absolute Gasteiger partial charge is 0.270 e. The van der Waals surface area contributed by atoms with Crippen LogP contribution in [0, 0.1) is 6.92 Å². The van der Waals surface area contributed by atoms with Gasteiger partial charge in [0.1, 0.15) is 5.69 Å². The molecule has 0 fully saturated rings. The second kappa shape index (κ2) is 7.54. The van der Waals surface area contributed by atoms with Crippen LogP contribution in [0.15, 0.2) is 36.4 Å². The van der Waals surface area contributed by atoms with Gasteiger partial charge in [0.15, 0.2) is 0 Å². The van der Waals surface area contributed by atoms with Crippen LogP contribution in [-0.2, 0) is 6.54 Å². The van der Waals surface area contributed by atoms with Gasteiger partial charge in [-0.15, -0.1) is 0 Å². The Labute approximate surface area is 131 Å². The van der Waals surface area contributed by atoms with Gasteiger partial charge in [0.25, 0.3) is 5.91 Å². The number of carbonyl (C=O) groups excluding carboxylic acids is 1. The fourth-order valence-corrected chi connectivity index (χ4v) is 1.94. The zero-order valence-corrected chi connectivity index (χ0v) is 13.3. The maximum absolute atomic E-state index is 12.2. The molecule has 1 aromatic carbocycles. The number of hydrogen-bond donors (Lipinski definition) is 2. The summed E-state index contributed by atoms with van der Waals surface area (Å²) in [5, 5.41) is 6.08. The molecule has 2 N–H and O–H groups in total. The van der Waals surface area contributed by atoms with E-state index in [1.807, 2.05) is 37.3 Å². The summed E-state index contributed by atoms with van der Waals surface area (Å²) in [4.78, 5) is 20.9. The third-order valence-electron chi connectivity index (χ3n) is 3.37. The molecule has 22 heavy (non-hydrogen) atoms. The van der Waals surface area contributed by atoms with Crippen molar-refractivity contribution >= 4 is 11.9 Å². The highest BCUT2D eigenvalue weighted by atomic mass is 16.1. The van der Waals surface area contributed by atoms with Gasteiger partial charge >= 0.3 is 0 Å². The Hall–Kier alpha value is -2.43. The molecule has 5 nitrogen and oxygen atoms in total. The SMILES string of the molecule is CCC(C)Nc1nc(C)cc(C(=O)NCc2ccccc2)n1. The van der Waals surface area contributed by atoms with Crippen molar-refractivity contribution in [3.8, 4) is 0 Å². The standard InChI is InChI=1S/C17H22N4O/c1-4-12(2)19-17-20-13(3)10-15(21-17)16(22)18-11-14-8-6-5-7-9-14/h5-10,12H,4,11H2,1-3H3,(H,18,22)(H,19,20,21). The number of nitrogens with one attached hydrogen (secondary N) is 2. The van der Waals surface area contributed by atoms with Crippen LogP contribution in [0.3, 0.4) is 0 Å². The monoisotopic (exact) mass is 298 g/mol. The van der Waals surface area contributed by atoms with E-state index < -0.39 is 0 Å². The fraction of sp³-hybridized carbons (Fsp3) is 0.353. The second-order valence-electron chi connectivity index (χ2n) is 5.34. The van der Waals surface area contributed by atoms with Crippen molar-refractivity contribution in [1.82, 2.24) is 15.3 Å². The van der Waals surface area contributed by atoms with Gasteiger partial charge in [0, 0.05) is 18.3 Å². The Kier molecular flexibility index (Phi) is 5.47. The minimum atomic E-state index is -0.193. The number of aryl methyl sites for hydroxylation is 1. The molecule has 0 aliphatic carbocycles. The molecule has 0 radical (unpaired) electrons. The van der Waals surface area contributed by atoms with Crippen LogP contribution in [0.2, 0.25) is 0 Å². The summed E-state index contributed by atoms with van der Waals surface area (Å²) in [5.41, 5.74) is 2.21. The van der Waals surface area contributed by atoms with Crippen molar-refractivity contribution in [3.05, 3.63) is 53.3 Å². The van der Waals surface area contributed by atoms with Gasteiger partial charge in [-0.2, -0.15) is 0 Å². The largest absolute Gasteiger partial charge is 0.352 e. The van der Waals surface area contributed by atoms with Gasteiger partial charge in [-0.05, 0) is 31.9 Å². The molecular weight excluding hydrogens is 276 g/mol. The van der Waals surface area contributed by atoms with E-state index >= 15 is 0 Å². The molecule has 0 spiro atoms. The molecule has 1 amide bonds. The van der Waals surface area contributed by atoms with Gasteiger partial charge in [-0.3, -0.25) is 4.79 Å². The molecule has 1 heterocycles. The van der Waals surface area contributed by atoms with E-state index in [2.05, 4.69) is 34.4 Å². The summed E-state index contributed by atoms with van der Waals surface area (Å²) in [6.07, 6.45) is 0.965. The Balaban J connectivity index is 2.05. The first-order chi connectivity index (χ1) is 10.6. The molecule has 2 aromatic rings. The molecule has 0 aliphatic heterocycles. The number of anilines is 1. The third-order valence-corrected chi connectivity index (χ3v) is 3.37. The first-order valence-electron chi connectivity index (χ1n) is 7.53. The molecule has 0 aliphatic rings. The highest BCUT2D eigenvalue weighted by Crippen LogP contribution is 2.08. The molecule has 0 saturated carbocycles. The van der Waals surface area contributed by atoms with Crippen LogP contribution in [0.25, 0.3) is 0 Å². The third kappa shape index (κ3) is 4.55. The summed E-state index contributed by atoms with van der Waals surface area (Å²) >= 11 is 0. The van der Waals surface area contributed by atoms with Gasteiger partial charge in [-0.25, -0.2) is 9.97 Å². The minimum Gasteiger partial charge on any atom is -0.352 e. The molecule has 116 valence electrons. The van der Waals surface area contributed by atoms with Crippen LogP contribution in [0.4, 0.5) is 5.95 Å². The van der Waals surface area contributed by atoms with Crippen LogP contribution < -0.4 is 10.6 Å². The quantitative estimate of drug-likeness (QED) is 0.860. The Morgan fingerprint density at radius 2 is 1.95 bits per heavy atom. The molecule has 1 unspecified atom stereocenters. The van der Waals surface area contributed by atoms with E-state index in [0.717, 1.165) is 17.7 Å². The van der Waals surface area contributed by atoms with Gasteiger partial charge in [0.2, 0.25) is 5.95 Å². The summed E-state index contributed by atoms with van der Waals surface area (Å²) < 4.78 is 0. The number of carbonyl (C=O) groups is 1. The minimum absolute atomic E-state index is 0.193. The normalized spacial score (nSPS) is 11.8. The van der Waals surface area contributed by atoms with Gasteiger partial charge < -0.3 is 10.6 Å². The summed E-state index contributed by atoms with van der Waals surface area (Å²) in [6.45, 7) is 6.48. The van der Waals surface area contributed by atoms with Crippen molar-refractivity contribution < 1.29 is 4.79 Å². The summed E-state index contributed by atoms with van der Waals surface area (Å²) in [6, 6.07) is 11.8. The van der Waals surface area contributed by atoms with Crippen LogP contribution in [0.1, 0.15) is 42.0 Å². The van der Waals surface area contributed by atoms with Crippen molar-refractivity contribution in [3.63, 3.8) is 0 Å². The summed E-state index contributed by atoms with van der Waals surface area (Å²) in [5.74, 6) is 0.306. The predicted molar refractivity (Wildman–Crippen MR) is 87.8 cm³/mol. The highest BCUT2D eigenvalue weighted by molar-refractivity contribution is 5.92. The predicted octanol–water partition coefficient (Wildman–Crippen LogP) is 2.93. The lowest BCUT2D eigenvalue weighted by molar-refractivity contribution is 0.0945. The van der Waals surface area contributed by atoms with Gasteiger partial charge in [-0.1, -0.05) is 37.3 Å². The van der Waals surface area contributed by atoms with Gasteiger partial charge in [0.05, 0.1) is 0 Å². The average molecular weight is 298 g/mol. The van der Waals surface area contributed by atoms with Crippen molar-refractivity contribution in [2.24, 2.45) is 0 Å². The second-order valence-corrected chi connectivity index (χ2v) is 5.34. The molecule has 2 rings (SSSR count). The topological polar surface area (TPSA) is 66.9 Å². The van der Waals surface area contributed by atoms with Crippen LogP contribution in [-0.4, -0.2) is 21.9 Å². The fourth-order valence-electron chi connectivity index (χ4n) is 1.94. The number of rotatable bonds is 6. The molecule has 1 aromatic heterocycles. The number of amides is 1. The van der Waals surface area contributed by atoms with Crippen LogP contribution >= 0.6 is 0 Å². The molecule has 0 saturated heterocycles. The van der Waals surface area contributed by atoms with E-state index in [-0.39, 0.29) is 11.9 Å². The maximum Gasteiger partial charge on any atom is 0.270 e. The van der Waals surface area contributed by atoms with E-state index in [0.29, 0.717) is 18.2 Å². The molecule has 1 atom stereocenters. The van der Waals surface area contributed by atoms with E-state index in [1.54, 1.807) is 6.07 Å². The zero-order valence-electron chi connectivity index (χ0n) is 13.3. The molecular formula is C17H22N4O. The lowest BCUT2D eigenvalue weighted by Gasteiger charge is -2.12. The molecule has 5 heteroatoms. The van der Waals surface area contributed by atoms with Crippen molar-refractivity contribution in [2.75, 3.05) is 5.32 Å². The first kappa shape index (κ1) is 15.9. The Morgan fingerprint density at radius 3 is 2.64 bits per heavy atom. The number of benzene rings is 1. The number of aromatic nitrogens is 2. The van der Waals surface area contributed by atoms with Crippen molar-refractivity contribution in [1.29, 1.82) is 0 Å². The zero-order chi connectivity index (χ0) is 15.9. The highest BCUT2D eigenvalue weighted by Gasteiger charge is 2.11.